The van der Waals surface area contributed by atoms with Crippen LogP contribution in [0.15, 0.2) is 16.7 Å². The van der Waals surface area contributed by atoms with Gasteiger partial charge in [-0.2, -0.15) is 0 Å². The Kier molecular flexibility index (Phi) is 4.60. The van der Waals surface area contributed by atoms with Gasteiger partial charge in [-0.05, 0) is 15.9 Å². The number of rotatable bonds is 3. The molecule has 1 amide bonds. The highest BCUT2D eigenvalue weighted by atomic mass is 79.9. The molecule has 1 aromatic rings. The highest BCUT2D eigenvalue weighted by Gasteiger charge is 2.04. The number of hydrogen-bond acceptors (Lipinski definition) is 2. The van der Waals surface area contributed by atoms with Gasteiger partial charge >= 0.3 is 0 Å². The van der Waals surface area contributed by atoms with Crippen LogP contribution < -0.4 is 5.32 Å². The standard InChI is InChI=1S/C10H8BrClN2O/c1-2-3-4-10(15)14-9-5-8(12)7(11)6-13-9/h1,5-6H,3-4H2,(H,13,14,15). The van der Waals surface area contributed by atoms with Crippen molar-refractivity contribution in [2.45, 2.75) is 12.8 Å². The van der Waals surface area contributed by atoms with Crippen LogP contribution in [0, 0.1) is 12.3 Å². The van der Waals surface area contributed by atoms with Gasteiger partial charge in [-0.25, -0.2) is 4.98 Å². The summed E-state index contributed by atoms with van der Waals surface area (Å²) < 4.78 is 0.686. The number of aromatic nitrogens is 1. The molecule has 1 heterocycles. The Labute approximate surface area is 101 Å². The summed E-state index contributed by atoms with van der Waals surface area (Å²) in [6.45, 7) is 0. The highest BCUT2D eigenvalue weighted by molar-refractivity contribution is 9.10. The molecule has 0 saturated heterocycles. The molecule has 15 heavy (non-hydrogen) atoms. The average Bonchev–Trinajstić information content (AvgIpc) is 2.20. The van der Waals surface area contributed by atoms with Gasteiger partial charge in [-0.15, -0.1) is 12.3 Å². The van der Waals surface area contributed by atoms with Crippen LogP contribution in [0.1, 0.15) is 12.8 Å². The van der Waals surface area contributed by atoms with Gasteiger partial charge in [0.05, 0.1) is 9.50 Å². The minimum Gasteiger partial charge on any atom is -0.311 e. The lowest BCUT2D eigenvalue weighted by Gasteiger charge is -2.03. The number of anilines is 1. The first-order valence-electron chi connectivity index (χ1n) is 4.18. The molecule has 1 rings (SSSR count). The van der Waals surface area contributed by atoms with Crippen LogP contribution >= 0.6 is 27.5 Å². The third-order valence-electron chi connectivity index (χ3n) is 1.57. The van der Waals surface area contributed by atoms with E-state index in [9.17, 15) is 4.79 Å². The molecule has 5 heteroatoms. The third-order valence-corrected chi connectivity index (χ3v) is 2.75. The predicted octanol–water partition coefficient (Wildman–Crippen LogP) is 2.85. The number of nitrogens with zero attached hydrogens (tertiary/aromatic N) is 1. The molecule has 78 valence electrons. The van der Waals surface area contributed by atoms with Gasteiger partial charge in [0.25, 0.3) is 0 Å². The topological polar surface area (TPSA) is 42.0 Å². The van der Waals surface area contributed by atoms with E-state index in [1.807, 2.05) is 0 Å². The third kappa shape index (κ3) is 3.90. The van der Waals surface area contributed by atoms with E-state index in [1.54, 1.807) is 6.07 Å². The van der Waals surface area contributed by atoms with Crippen LogP contribution in [0.2, 0.25) is 5.02 Å². The molecular weight excluding hydrogens is 279 g/mol. The number of halogens is 2. The van der Waals surface area contributed by atoms with Crippen molar-refractivity contribution in [3.05, 3.63) is 21.8 Å². The Morgan fingerprint density at radius 1 is 1.73 bits per heavy atom. The maximum Gasteiger partial charge on any atom is 0.226 e. The Bertz CT molecular complexity index is 414. The van der Waals surface area contributed by atoms with Gasteiger partial charge in [0.1, 0.15) is 5.82 Å². The van der Waals surface area contributed by atoms with Gasteiger partial charge < -0.3 is 5.32 Å². The molecule has 0 spiro atoms. The molecule has 0 fully saturated rings. The maximum absolute atomic E-state index is 11.3. The van der Waals surface area contributed by atoms with Gasteiger partial charge in [0, 0.05) is 25.1 Å². The van der Waals surface area contributed by atoms with E-state index in [-0.39, 0.29) is 12.3 Å². The summed E-state index contributed by atoms with van der Waals surface area (Å²) in [5.74, 6) is 2.64. The van der Waals surface area contributed by atoms with Crippen molar-refractivity contribution in [1.82, 2.24) is 4.98 Å². The quantitative estimate of drug-likeness (QED) is 0.869. The van der Waals surface area contributed by atoms with Crippen molar-refractivity contribution in [3.8, 4) is 12.3 Å². The largest absolute Gasteiger partial charge is 0.311 e. The predicted molar refractivity (Wildman–Crippen MR) is 63.6 cm³/mol. The van der Waals surface area contributed by atoms with Crippen LogP contribution in [0.5, 0.6) is 0 Å². The van der Waals surface area contributed by atoms with Crippen LogP contribution in [-0.2, 0) is 4.79 Å². The number of amides is 1. The smallest absolute Gasteiger partial charge is 0.226 e. The van der Waals surface area contributed by atoms with Gasteiger partial charge in [-0.1, -0.05) is 11.6 Å². The molecule has 0 unspecified atom stereocenters. The molecule has 0 bridgehead atoms. The lowest BCUT2D eigenvalue weighted by molar-refractivity contribution is -0.116. The fourth-order valence-corrected chi connectivity index (χ4v) is 1.24. The van der Waals surface area contributed by atoms with Crippen molar-refractivity contribution < 1.29 is 4.79 Å². The Morgan fingerprint density at radius 2 is 2.47 bits per heavy atom. The lowest BCUT2D eigenvalue weighted by atomic mass is 10.3. The molecule has 0 aliphatic carbocycles. The summed E-state index contributed by atoms with van der Waals surface area (Å²) in [5, 5.41) is 3.09. The molecule has 1 N–H and O–H groups in total. The average molecular weight is 288 g/mol. The summed E-state index contributed by atoms with van der Waals surface area (Å²) in [7, 11) is 0. The van der Waals surface area contributed by atoms with Crippen molar-refractivity contribution in [2.75, 3.05) is 5.32 Å². The summed E-state index contributed by atoms with van der Waals surface area (Å²) in [5.41, 5.74) is 0. The molecule has 1 aromatic heterocycles. The number of hydrogen-bond donors (Lipinski definition) is 1. The molecule has 3 nitrogen and oxygen atoms in total. The van der Waals surface area contributed by atoms with Crippen molar-refractivity contribution in [3.63, 3.8) is 0 Å². The zero-order chi connectivity index (χ0) is 11.3. The maximum atomic E-state index is 11.3. The molecule has 0 aromatic carbocycles. The summed E-state index contributed by atoms with van der Waals surface area (Å²) in [4.78, 5) is 15.2. The van der Waals surface area contributed by atoms with Crippen molar-refractivity contribution in [2.24, 2.45) is 0 Å². The Morgan fingerprint density at radius 3 is 3.07 bits per heavy atom. The van der Waals surface area contributed by atoms with E-state index in [4.69, 9.17) is 18.0 Å². The van der Waals surface area contributed by atoms with Crippen LogP contribution in [0.25, 0.3) is 0 Å². The molecule has 0 saturated carbocycles. The molecule has 0 radical (unpaired) electrons. The number of carbonyl (C=O) groups is 1. The van der Waals surface area contributed by atoms with E-state index < -0.39 is 0 Å². The van der Waals surface area contributed by atoms with Crippen molar-refractivity contribution >= 4 is 39.3 Å². The highest BCUT2D eigenvalue weighted by Crippen LogP contribution is 2.23. The zero-order valence-corrected chi connectivity index (χ0v) is 10.1. The molecule has 0 aliphatic rings. The second-order valence-electron chi connectivity index (χ2n) is 2.74. The monoisotopic (exact) mass is 286 g/mol. The first kappa shape index (κ1) is 12.0. The van der Waals surface area contributed by atoms with Gasteiger partial charge in [0.2, 0.25) is 5.91 Å². The van der Waals surface area contributed by atoms with Crippen LogP contribution in [0.3, 0.4) is 0 Å². The second kappa shape index (κ2) is 5.74. The minimum atomic E-state index is -0.168. The molecule has 0 aliphatic heterocycles. The number of nitrogens with one attached hydrogen (secondary N) is 1. The van der Waals surface area contributed by atoms with Crippen LogP contribution in [0.4, 0.5) is 5.82 Å². The number of carbonyl (C=O) groups excluding carboxylic acids is 1. The van der Waals surface area contributed by atoms with Gasteiger partial charge in [0.15, 0.2) is 0 Å². The zero-order valence-electron chi connectivity index (χ0n) is 7.76. The first-order chi connectivity index (χ1) is 7.13. The number of pyridine rings is 1. The number of terminal acetylenes is 1. The SMILES string of the molecule is C#CCCC(=O)Nc1cc(Cl)c(Br)cn1. The van der Waals surface area contributed by atoms with E-state index in [2.05, 4.69) is 32.2 Å². The van der Waals surface area contributed by atoms with Crippen LogP contribution in [-0.4, -0.2) is 10.9 Å². The van der Waals surface area contributed by atoms with Crippen molar-refractivity contribution in [1.29, 1.82) is 0 Å². The second-order valence-corrected chi connectivity index (χ2v) is 4.00. The van der Waals surface area contributed by atoms with Gasteiger partial charge in [-0.3, -0.25) is 4.79 Å². The summed E-state index contributed by atoms with van der Waals surface area (Å²) >= 11 is 9.03. The Balaban J connectivity index is 2.62. The lowest BCUT2D eigenvalue weighted by Crippen LogP contribution is -2.11. The normalized spacial score (nSPS) is 9.40. The van der Waals surface area contributed by atoms with E-state index in [1.165, 1.54) is 6.20 Å². The fourth-order valence-electron chi connectivity index (χ4n) is 0.874. The van der Waals surface area contributed by atoms with E-state index >= 15 is 0 Å². The molecule has 0 atom stereocenters. The summed E-state index contributed by atoms with van der Waals surface area (Å²) in [6, 6.07) is 1.57. The summed E-state index contributed by atoms with van der Waals surface area (Å²) in [6.07, 6.45) is 7.26. The first-order valence-corrected chi connectivity index (χ1v) is 5.35. The van der Waals surface area contributed by atoms with E-state index in [0.29, 0.717) is 21.7 Å². The minimum absolute atomic E-state index is 0.168. The van der Waals surface area contributed by atoms with E-state index in [0.717, 1.165) is 0 Å². The molecular formula is C10H8BrClN2O. The fraction of sp³-hybridized carbons (Fsp3) is 0.200. The Hall–Kier alpha value is -1.05.